The molecule has 29 heavy (non-hydrogen) atoms. The maximum Gasteiger partial charge on any atom is 0.162 e. The molecule has 1 aromatic heterocycles. The van der Waals surface area contributed by atoms with Crippen LogP contribution in [0, 0.1) is 5.41 Å². The van der Waals surface area contributed by atoms with Crippen molar-refractivity contribution in [3.8, 4) is 0 Å². The lowest BCUT2D eigenvalue weighted by Crippen LogP contribution is -2.62. The van der Waals surface area contributed by atoms with E-state index < -0.39 is 0 Å². The molecule has 0 fully saturated rings. The highest BCUT2D eigenvalue weighted by atomic mass is 15.5. The molecule has 3 aromatic rings. The first-order valence-corrected chi connectivity index (χ1v) is 10.6. The van der Waals surface area contributed by atoms with Crippen LogP contribution in [0.3, 0.4) is 0 Å². The molecule has 0 amide bonds. The highest BCUT2D eigenvalue weighted by molar-refractivity contribution is 5.88. The Balaban J connectivity index is 1.86. The lowest BCUT2D eigenvalue weighted by atomic mass is 9.55. The van der Waals surface area contributed by atoms with Crippen molar-refractivity contribution in [2.45, 2.75) is 52.1 Å². The Morgan fingerprint density at radius 3 is 2.31 bits per heavy atom. The molecule has 0 bridgehead atoms. The van der Waals surface area contributed by atoms with E-state index in [9.17, 15) is 0 Å². The zero-order valence-corrected chi connectivity index (χ0v) is 17.6. The second-order valence-corrected chi connectivity index (χ2v) is 8.65. The number of para-hydroxylation sites is 2. The summed E-state index contributed by atoms with van der Waals surface area (Å²) in [6, 6.07) is 19.6. The molecule has 5 rings (SSSR count). The number of rotatable bonds is 3. The fourth-order valence-corrected chi connectivity index (χ4v) is 5.63. The summed E-state index contributed by atoms with van der Waals surface area (Å²) in [6.45, 7) is 9.57. The second kappa shape index (κ2) is 6.31. The van der Waals surface area contributed by atoms with Gasteiger partial charge in [-0.25, -0.2) is 9.97 Å². The summed E-state index contributed by atoms with van der Waals surface area (Å²) < 4.78 is 0. The van der Waals surface area contributed by atoms with Crippen molar-refractivity contribution >= 4 is 22.9 Å². The molecule has 2 aromatic carbocycles. The van der Waals surface area contributed by atoms with Gasteiger partial charge in [0.05, 0.1) is 6.20 Å². The number of fused-ring (bicyclic) bond motifs is 5. The average molecular weight is 385 g/mol. The average Bonchev–Trinajstić information content (AvgIpc) is 3.14. The van der Waals surface area contributed by atoms with Gasteiger partial charge in [0.25, 0.3) is 0 Å². The van der Waals surface area contributed by atoms with Crippen molar-refractivity contribution in [2.75, 3.05) is 9.80 Å². The molecule has 3 heterocycles. The van der Waals surface area contributed by atoms with Crippen LogP contribution in [-0.4, -0.2) is 16.1 Å². The van der Waals surface area contributed by atoms with E-state index in [1.165, 1.54) is 16.9 Å². The summed E-state index contributed by atoms with van der Waals surface area (Å²) in [7, 11) is 0. The third kappa shape index (κ3) is 2.20. The number of nitrogens with zero attached hydrogens (tertiary/aromatic N) is 4. The van der Waals surface area contributed by atoms with E-state index in [0.717, 1.165) is 24.3 Å². The summed E-state index contributed by atoms with van der Waals surface area (Å²) in [5.74, 6) is 0.999. The minimum absolute atomic E-state index is 0.00659. The van der Waals surface area contributed by atoms with Gasteiger partial charge in [-0.3, -0.25) is 0 Å². The molecule has 2 aliphatic rings. The number of anilines is 4. The first-order valence-electron chi connectivity index (χ1n) is 10.6. The SMILES string of the molecule is CCC1(C)c2ccccc2N2c3ncncc3N(c3ccccc3)C2C1(C)CC. The Labute approximate surface area is 173 Å². The Kier molecular flexibility index (Phi) is 3.95. The molecule has 2 aliphatic heterocycles. The zero-order valence-electron chi connectivity index (χ0n) is 17.6. The molecule has 0 saturated carbocycles. The summed E-state index contributed by atoms with van der Waals surface area (Å²) in [5.41, 5.74) is 5.01. The fourth-order valence-electron chi connectivity index (χ4n) is 5.63. The molecule has 148 valence electrons. The van der Waals surface area contributed by atoms with E-state index in [1.807, 2.05) is 6.20 Å². The lowest BCUT2D eigenvalue weighted by Gasteiger charge is -2.58. The third-order valence-electron chi connectivity index (χ3n) is 7.71. The van der Waals surface area contributed by atoms with Crippen molar-refractivity contribution in [1.82, 2.24) is 9.97 Å². The molecule has 0 spiro atoms. The number of benzene rings is 2. The van der Waals surface area contributed by atoms with Gasteiger partial charge in [0.1, 0.15) is 18.2 Å². The van der Waals surface area contributed by atoms with Gasteiger partial charge < -0.3 is 9.80 Å². The maximum absolute atomic E-state index is 4.76. The topological polar surface area (TPSA) is 32.3 Å². The Hall–Kier alpha value is -2.88. The third-order valence-corrected chi connectivity index (χ3v) is 7.71. The van der Waals surface area contributed by atoms with Crippen LogP contribution in [0.25, 0.3) is 0 Å². The number of aromatic nitrogens is 2. The van der Waals surface area contributed by atoms with Crippen molar-refractivity contribution in [2.24, 2.45) is 5.41 Å². The van der Waals surface area contributed by atoms with Crippen LogP contribution in [0.2, 0.25) is 0 Å². The largest absolute Gasteiger partial charge is 0.315 e. The van der Waals surface area contributed by atoms with Crippen molar-refractivity contribution in [1.29, 1.82) is 0 Å². The number of hydrogen-bond acceptors (Lipinski definition) is 4. The van der Waals surface area contributed by atoms with Crippen molar-refractivity contribution < 1.29 is 0 Å². The standard InChI is InChI=1S/C25H28N4/c1-5-24(3)19-14-10-11-15-20(19)29-22-21(16-26-17-27-22)28(18-12-8-7-9-13-18)23(29)25(24,4)6-2/h7-17,23H,5-6H2,1-4H3. The van der Waals surface area contributed by atoms with Crippen LogP contribution in [0.15, 0.2) is 67.1 Å². The summed E-state index contributed by atoms with van der Waals surface area (Å²) >= 11 is 0. The Morgan fingerprint density at radius 1 is 0.862 bits per heavy atom. The van der Waals surface area contributed by atoms with Gasteiger partial charge in [-0.1, -0.05) is 64.1 Å². The van der Waals surface area contributed by atoms with Crippen molar-refractivity contribution in [3.05, 3.63) is 72.7 Å². The lowest BCUT2D eigenvalue weighted by molar-refractivity contribution is 0.0965. The van der Waals surface area contributed by atoms with E-state index in [1.54, 1.807) is 6.33 Å². The molecule has 3 atom stereocenters. The van der Waals surface area contributed by atoms with E-state index in [0.29, 0.717) is 0 Å². The minimum atomic E-state index is 0.00659. The molecule has 0 aliphatic carbocycles. The highest BCUT2D eigenvalue weighted by Gasteiger charge is 2.60. The molecular weight excluding hydrogens is 356 g/mol. The molecule has 0 saturated heterocycles. The van der Waals surface area contributed by atoms with Gasteiger partial charge in [0.15, 0.2) is 5.82 Å². The highest BCUT2D eigenvalue weighted by Crippen LogP contribution is 2.63. The minimum Gasteiger partial charge on any atom is -0.315 e. The van der Waals surface area contributed by atoms with Gasteiger partial charge in [-0.05, 0) is 36.6 Å². The normalized spacial score (nSPS) is 27.4. The van der Waals surface area contributed by atoms with Crippen LogP contribution in [0.4, 0.5) is 22.9 Å². The van der Waals surface area contributed by atoms with Crippen LogP contribution in [0.1, 0.15) is 46.1 Å². The van der Waals surface area contributed by atoms with Gasteiger partial charge in [-0.15, -0.1) is 0 Å². The zero-order chi connectivity index (χ0) is 20.2. The van der Waals surface area contributed by atoms with Gasteiger partial charge >= 0.3 is 0 Å². The Morgan fingerprint density at radius 2 is 1.59 bits per heavy atom. The summed E-state index contributed by atoms with van der Waals surface area (Å²) in [4.78, 5) is 14.1. The van der Waals surface area contributed by atoms with Gasteiger partial charge in [0.2, 0.25) is 0 Å². The van der Waals surface area contributed by atoms with Crippen LogP contribution >= 0.6 is 0 Å². The molecular formula is C25H28N4. The van der Waals surface area contributed by atoms with Crippen LogP contribution in [0.5, 0.6) is 0 Å². The fraction of sp³-hybridized carbons (Fsp3) is 0.360. The molecule has 0 radical (unpaired) electrons. The molecule has 3 unspecified atom stereocenters. The second-order valence-electron chi connectivity index (χ2n) is 8.65. The monoisotopic (exact) mass is 384 g/mol. The number of hydrogen-bond donors (Lipinski definition) is 0. The van der Waals surface area contributed by atoms with Gasteiger partial charge in [0, 0.05) is 22.2 Å². The predicted octanol–water partition coefficient (Wildman–Crippen LogP) is 6.19. The van der Waals surface area contributed by atoms with Crippen LogP contribution < -0.4 is 9.80 Å². The van der Waals surface area contributed by atoms with Gasteiger partial charge in [-0.2, -0.15) is 0 Å². The van der Waals surface area contributed by atoms with E-state index >= 15 is 0 Å². The first kappa shape index (κ1) is 18.2. The van der Waals surface area contributed by atoms with E-state index in [-0.39, 0.29) is 17.0 Å². The maximum atomic E-state index is 4.76. The molecule has 4 nitrogen and oxygen atoms in total. The van der Waals surface area contributed by atoms with Crippen LogP contribution in [-0.2, 0) is 5.41 Å². The van der Waals surface area contributed by atoms with Crippen molar-refractivity contribution in [3.63, 3.8) is 0 Å². The van der Waals surface area contributed by atoms with E-state index in [2.05, 4.69) is 97.1 Å². The Bertz CT molecular complexity index is 1050. The summed E-state index contributed by atoms with van der Waals surface area (Å²) in [6.07, 6.45) is 5.93. The molecule has 4 heteroatoms. The smallest absolute Gasteiger partial charge is 0.162 e. The quantitative estimate of drug-likeness (QED) is 0.539. The molecule has 0 N–H and O–H groups in total. The van der Waals surface area contributed by atoms with E-state index in [4.69, 9.17) is 4.98 Å². The predicted molar refractivity (Wildman–Crippen MR) is 119 cm³/mol. The summed E-state index contributed by atoms with van der Waals surface area (Å²) in [5, 5.41) is 0. The first-order chi connectivity index (χ1) is 14.1.